The average Bonchev–Trinajstić information content (AvgIpc) is 2.92. The number of nitrogens with one attached hydrogen (secondary N) is 1. The highest BCUT2D eigenvalue weighted by atomic mass is 15.4. The van der Waals surface area contributed by atoms with Crippen molar-refractivity contribution in [3.63, 3.8) is 0 Å². The first kappa shape index (κ1) is 12.7. The molecule has 4 heteroatoms. The molecule has 102 valence electrons. The van der Waals surface area contributed by atoms with Gasteiger partial charge < -0.3 is 4.98 Å². The lowest BCUT2D eigenvalue weighted by Crippen LogP contribution is -2.01. The Labute approximate surface area is 118 Å². The zero-order chi connectivity index (χ0) is 14.3. The molecule has 20 heavy (non-hydrogen) atoms. The van der Waals surface area contributed by atoms with Crippen LogP contribution in [0.25, 0.3) is 17.2 Å². The molecule has 0 aliphatic carbocycles. The van der Waals surface area contributed by atoms with E-state index in [1.54, 1.807) is 0 Å². The maximum absolute atomic E-state index is 4.71. The molecule has 0 radical (unpaired) electrons. The Morgan fingerprint density at radius 3 is 2.50 bits per heavy atom. The van der Waals surface area contributed by atoms with E-state index in [4.69, 9.17) is 4.98 Å². The summed E-state index contributed by atoms with van der Waals surface area (Å²) in [5, 5.41) is 4.47. The minimum absolute atomic E-state index is 0.768. The minimum atomic E-state index is 0.768. The molecule has 0 bridgehead atoms. The van der Waals surface area contributed by atoms with Crippen molar-refractivity contribution < 1.29 is 0 Å². The van der Waals surface area contributed by atoms with Crippen molar-refractivity contribution in [2.24, 2.45) is 0 Å². The van der Waals surface area contributed by atoms with E-state index in [-0.39, 0.29) is 0 Å². The van der Waals surface area contributed by atoms with Gasteiger partial charge in [0.1, 0.15) is 0 Å². The van der Waals surface area contributed by atoms with Crippen LogP contribution >= 0.6 is 0 Å². The van der Waals surface area contributed by atoms with Crippen LogP contribution < -0.4 is 0 Å². The summed E-state index contributed by atoms with van der Waals surface area (Å²) >= 11 is 0. The number of hydrogen-bond acceptors (Lipinski definition) is 2. The van der Waals surface area contributed by atoms with Gasteiger partial charge in [0.25, 0.3) is 0 Å². The van der Waals surface area contributed by atoms with Gasteiger partial charge in [0.15, 0.2) is 0 Å². The van der Waals surface area contributed by atoms with E-state index >= 15 is 0 Å². The van der Waals surface area contributed by atoms with E-state index in [2.05, 4.69) is 41.3 Å². The molecule has 0 unspecified atom stereocenters. The van der Waals surface area contributed by atoms with E-state index in [1.807, 2.05) is 31.5 Å². The number of rotatable bonds is 2. The van der Waals surface area contributed by atoms with Gasteiger partial charge in [-0.15, -0.1) is 0 Å². The summed E-state index contributed by atoms with van der Waals surface area (Å²) < 4.78 is 1.85. The summed E-state index contributed by atoms with van der Waals surface area (Å²) in [6.07, 6.45) is 0. The largest absolute Gasteiger partial charge is 0.326 e. The van der Waals surface area contributed by atoms with Crippen molar-refractivity contribution in [2.75, 3.05) is 0 Å². The fraction of sp³-hybridized carbons (Fsp3) is 0.250. The normalized spacial score (nSPS) is 11.0. The quantitative estimate of drug-likeness (QED) is 0.771. The van der Waals surface area contributed by atoms with E-state index in [0.717, 1.165) is 34.3 Å². The summed E-state index contributed by atoms with van der Waals surface area (Å²) in [7, 11) is 0. The Hall–Kier alpha value is -2.36. The second-order valence-electron chi connectivity index (χ2n) is 5.24. The summed E-state index contributed by atoms with van der Waals surface area (Å²) in [6.45, 7) is 8.15. The van der Waals surface area contributed by atoms with Crippen molar-refractivity contribution in [1.29, 1.82) is 0 Å². The van der Waals surface area contributed by atoms with Gasteiger partial charge in [-0.25, -0.2) is 9.67 Å². The van der Waals surface area contributed by atoms with Crippen LogP contribution in [-0.2, 0) is 0 Å². The number of aromatic amines is 1. The van der Waals surface area contributed by atoms with E-state index in [0.29, 0.717) is 0 Å². The highest BCUT2D eigenvalue weighted by Crippen LogP contribution is 2.23. The highest BCUT2D eigenvalue weighted by Gasteiger charge is 2.12. The van der Waals surface area contributed by atoms with Gasteiger partial charge in [0, 0.05) is 17.0 Å². The number of hydrogen-bond donors (Lipinski definition) is 1. The number of aromatic nitrogens is 4. The van der Waals surface area contributed by atoms with Gasteiger partial charge in [-0.05, 0) is 39.8 Å². The third kappa shape index (κ3) is 2.13. The molecule has 0 amide bonds. The smallest absolute Gasteiger partial charge is 0.229 e. The Balaban J connectivity index is 2.10. The van der Waals surface area contributed by atoms with Gasteiger partial charge in [-0.3, -0.25) is 0 Å². The summed E-state index contributed by atoms with van der Waals surface area (Å²) in [5.41, 5.74) is 6.47. The third-order valence-electron chi connectivity index (χ3n) is 3.37. The molecule has 3 rings (SSSR count). The monoisotopic (exact) mass is 266 g/mol. The number of imidazole rings is 1. The van der Waals surface area contributed by atoms with Crippen LogP contribution in [0.15, 0.2) is 30.3 Å². The number of nitrogens with zero attached hydrogens (tertiary/aromatic N) is 3. The zero-order valence-electron chi connectivity index (χ0n) is 12.2. The van der Waals surface area contributed by atoms with Crippen LogP contribution in [0.4, 0.5) is 0 Å². The second-order valence-corrected chi connectivity index (χ2v) is 5.24. The standard InChI is InChI=1S/C16H18N4/c1-10-6-5-7-14(8-10)15-13(4)17-16(18-15)20-12(3)9-11(2)19-20/h5-9H,1-4H3,(H,17,18). The van der Waals surface area contributed by atoms with Gasteiger partial charge in [0.2, 0.25) is 5.95 Å². The Kier molecular flexibility index (Phi) is 2.93. The van der Waals surface area contributed by atoms with Crippen LogP contribution in [0.5, 0.6) is 0 Å². The first-order chi connectivity index (χ1) is 9.54. The summed E-state index contributed by atoms with van der Waals surface area (Å²) in [4.78, 5) is 8.03. The van der Waals surface area contributed by atoms with Gasteiger partial charge in [-0.1, -0.05) is 23.8 Å². The Bertz CT molecular complexity index is 765. The van der Waals surface area contributed by atoms with Gasteiger partial charge in [0.05, 0.1) is 11.4 Å². The molecule has 0 saturated carbocycles. The lowest BCUT2D eigenvalue weighted by molar-refractivity contribution is 0.786. The van der Waals surface area contributed by atoms with Crippen LogP contribution in [0.2, 0.25) is 0 Å². The number of H-pyrrole nitrogens is 1. The van der Waals surface area contributed by atoms with E-state index in [9.17, 15) is 0 Å². The Morgan fingerprint density at radius 2 is 1.85 bits per heavy atom. The first-order valence-electron chi connectivity index (χ1n) is 6.72. The molecule has 0 aliphatic rings. The summed E-state index contributed by atoms with van der Waals surface area (Å²) in [6, 6.07) is 10.4. The van der Waals surface area contributed by atoms with Crippen LogP contribution in [0.3, 0.4) is 0 Å². The molecule has 0 saturated heterocycles. The molecule has 2 heterocycles. The lowest BCUT2D eigenvalue weighted by atomic mass is 10.1. The SMILES string of the molecule is Cc1cccc(-c2nc(-n3nc(C)cc3C)[nH]c2C)c1. The number of benzene rings is 1. The molecule has 4 nitrogen and oxygen atoms in total. The van der Waals surface area contributed by atoms with Crippen molar-refractivity contribution in [3.8, 4) is 17.2 Å². The topological polar surface area (TPSA) is 46.5 Å². The maximum Gasteiger partial charge on any atom is 0.229 e. The predicted octanol–water partition coefficient (Wildman–Crippen LogP) is 3.50. The van der Waals surface area contributed by atoms with E-state index < -0.39 is 0 Å². The van der Waals surface area contributed by atoms with Crippen molar-refractivity contribution in [1.82, 2.24) is 19.7 Å². The highest BCUT2D eigenvalue weighted by molar-refractivity contribution is 5.63. The fourth-order valence-electron chi connectivity index (χ4n) is 2.46. The van der Waals surface area contributed by atoms with Crippen LogP contribution in [0, 0.1) is 27.7 Å². The van der Waals surface area contributed by atoms with Crippen molar-refractivity contribution in [3.05, 3.63) is 53.0 Å². The first-order valence-corrected chi connectivity index (χ1v) is 6.72. The van der Waals surface area contributed by atoms with Gasteiger partial charge in [-0.2, -0.15) is 5.10 Å². The molecule has 0 spiro atoms. The van der Waals surface area contributed by atoms with Crippen LogP contribution in [-0.4, -0.2) is 19.7 Å². The Morgan fingerprint density at radius 1 is 1.05 bits per heavy atom. The molecule has 2 aromatic heterocycles. The molecule has 0 fully saturated rings. The maximum atomic E-state index is 4.71. The molecule has 1 aromatic carbocycles. The fourth-order valence-corrected chi connectivity index (χ4v) is 2.46. The lowest BCUT2D eigenvalue weighted by Gasteiger charge is -2.00. The molecule has 3 aromatic rings. The predicted molar refractivity (Wildman–Crippen MR) is 80.1 cm³/mol. The molecular formula is C16H18N4. The average molecular weight is 266 g/mol. The minimum Gasteiger partial charge on any atom is -0.326 e. The molecule has 1 N–H and O–H groups in total. The van der Waals surface area contributed by atoms with Crippen LogP contribution in [0.1, 0.15) is 22.6 Å². The van der Waals surface area contributed by atoms with Gasteiger partial charge >= 0.3 is 0 Å². The third-order valence-corrected chi connectivity index (χ3v) is 3.37. The van der Waals surface area contributed by atoms with E-state index in [1.165, 1.54) is 5.56 Å². The molecular weight excluding hydrogens is 248 g/mol. The zero-order valence-corrected chi connectivity index (χ0v) is 12.2. The second kappa shape index (κ2) is 4.63. The summed E-state index contributed by atoms with van der Waals surface area (Å²) in [5.74, 6) is 0.768. The molecule has 0 aliphatic heterocycles. The van der Waals surface area contributed by atoms with Crippen molar-refractivity contribution >= 4 is 0 Å². The number of aryl methyl sites for hydroxylation is 4. The van der Waals surface area contributed by atoms with Crippen molar-refractivity contribution in [2.45, 2.75) is 27.7 Å². The molecule has 0 atom stereocenters.